The van der Waals surface area contributed by atoms with Crippen molar-refractivity contribution in [2.24, 2.45) is 0 Å². The van der Waals surface area contributed by atoms with Gasteiger partial charge in [-0.3, -0.25) is 9.36 Å². The summed E-state index contributed by atoms with van der Waals surface area (Å²) in [5, 5.41) is 2.95. The van der Waals surface area contributed by atoms with Crippen LogP contribution < -0.4 is 14.8 Å². The van der Waals surface area contributed by atoms with Gasteiger partial charge in [0.25, 0.3) is 0 Å². The number of aromatic nitrogens is 3. The molecule has 1 amide bonds. The van der Waals surface area contributed by atoms with Crippen LogP contribution in [0.2, 0.25) is 0 Å². The smallest absolute Gasteiger partial charge is 0.224 e. The molecule has 0 fully saturated rings. The van der Waals surface area contributed by atoms with Gasteiger partial charge in [0.15, 0.2) is 11.5 Å². The molecule has 0 bridgehead atoms. The highest BCUT2D eigenvalue weighted by atomic mass is 16.6. The van der Waals surface area contributed by atoms with Gasteiger partial charge in [-0.15, -0.1) is 0 Å². The second-order valence-corrected chi connectivity index (χ2v) is 6.30. The largest absolute Gasteiger partial charge is 0.486 e. The maximum Gasteiger partial charge on any atom is 0.224 e. The Labute approximate surface area is 157 Å². The van der Waals surface area contributed by atoms with Gasteiger partial charge in [0.1, 0.15) is 24.9 Å². The Morgan fingerprint density at radius 1 is 1.07 bits per heavy atom. The summed E-state index contributed by atoms with van der Waals surface area (Å²) in [5.41, 5.74) is 1.87. The van der Waals surface area contributed by atoms with Gasteiger partial charge in [-0.25, -0.2) is 9.97 Å². The third-order valence-corrected chi connectivity index (χ3v) is 4.34. The summed E-state index contributed by atoms with van der Waals surface area (Å²) in [7, 11) is 0. The molecule has 0 saturated carbocycles. The van der Waals surface area contributed by atoms with E-state index in [9.17, 15) is 4.79 Å². The average Bonchev–Trinajstić information content (AvgIpc) is 3.12. The molecule has 7 nitrogen and oxygen atoms in total. The number of imidazole rings is 1. The molecule has 0 aliphatic carbocycles. The summed E-state index contributed by atoms with van der Waals surface area (Å²) >= 11 is 0. The molecular weight excluding hydrogens is 344 g/mol. The zero-order chi connectivity index (χ0) is 18.6. The van der Waals surface area contributed by atoms with Crippen molar-refractivity contribution in [3.8, 4) is 17.3 Å². The molecule has 3 heterocycles. The number of carbonyl (C=O) groups excluding carboxylic acids is 1. The molecule has 0 atom stereocenters. The van der Waals surface area contributed by atoms with Crippen molar-refractivity contribution in [3.63, 3.8) is 0 Å². The lowest BCUT2D eigenvalue weighted by molar-refractivity contribution is -0.120. The van der Waals surface area contributed by atoms with E-state index >= 15 is 0 Å². The first-order valence-electron chi connectivity index (χ1n) is 8.79. The number of fused-ring (bicyclic) bond motifs is 1. The number of amides is 1. The fourth-order valence-corrected chi connectivity index (χ4v) is 2.97. The Morgan fingerprint density at radius 2 is 1.93 bits per heavy atom. The predicted molar refractivity (Wildman–Crippen MR) is 99.1 cm³/mol. The summed E-state index contributed by atoms with van der Waals surface area (Å²) in [6.45, 7) is 3.44. The number of ether oxygens (including phenoxy) is 2. The number of benzene rings is 1. The van der Waals surface area contributed by atoms with Crippen molar-refractivity contribution in [1.29, 1.82) is 0 Å². The zero-order valence-corrected chi connectivity index (χ0v) is 15.0. The molecule has 1 aromatic carbocycles. The average molecular weight is 364 g/mol. The first-order valence-corrected chi connectivity index (χ1v) is 8.79. The lowest BCUT2D eigenvalue weighted by Crippen LogP contribution is -2.24. The van der Waals surface area contributed by atoms with Crippen LogP contribution in [0.25, 0.3) is 5.82 Å². The summed E-state index contributed by atoms with van der Waals surface area (Å²) < 4.78 is 13.0. The fourth-order valence-electron chi connectivity index (χ4n) is 2.97. The van der Waals surface area contributed by atoms with E-state index in [2.05, 4.69) is 15.3 Å². The van der Waals surface area contributed by atoms with E-state index in [0.29, 0.717) is 25.5 Å². The van der Waals surface area contributed by atoms with E-state index in [1.165, 1.54) is 0 Å². The van der Waals surface area contributed by atoms with Crippen LogP contribution in [0.3, 0.4) is 0 Å². The Balaban J connectivity index is 1.38. The zero-order valence-electron chi connectivity index (χ0n) is 15.0. The Hall–Kier alpha value is -3.35. The molecule has 0 spiro atoms. The van der Waals surface area contributed by atoms with Gasteiger partial charge >= 0.3 is 0 Å². The van der Waals surface area contributed by atoms with Crippen LogP contribution in [0.4, 0.5) is 0 Å². The van der Waals surface area contributed by atoms with E-state index < -0.39 is 0 Å². The van der Waals surface area contributed by atoms with E-state index in [0.717, 1.165) is 28.5 Å². The molecule has 3 aromatic rings. The summed E-state index contributed by atoms with van der Waals surface area (Å²) in [6.07, 6.45) is 5.62. The van der Waals surface area contributed by atoms with Gasteiger partial charge in [-0.05, 0) is 42.3 Å². The number of pyridine rings is 1. The topological polar surface area (TPSA) is 78.3 Å². The maximum atomic E-state index is 12.3. The van der Waals surface area contributed by atoms with Gasteiger partial charge in [-0.2, -0.15) is 0 Å². The Bertz CT molecular complexity index is 967. The molecule has 27 heavy (non-hydrogen) atoms. The molecule has 138 valence electrons. The van der Waals surface area contributed by atoms with Gasteiger partial charge in [0.05, 0.1) is 6.42 Å². The van der Waals surface area contributed by atoms with Gasteiger partial charge < -0.3 is 14.8 Å². The van der Waals surface area contributed by atoms with Crippen LogP contribution in [-0.2, 0) is 17.8 Å². The standard InChI is InChI=1S/C20H20N4O3/c1-14-21-6-7-24(14)19-11-16(4-5-22-19)13-23-20(25)12-15-2-3-17-18(10-15)27-9-8-26-17/h2-7,10-11H,8-9,12-13H2,1H3,(H,23,25). The Kier molecular flexibility index (Phi) is 4.74. The lowest BCUT2D eigenvalue weighted by atomic mass is 10.1. The number of hydrogen-bond donors (Lipinski definition) is 1. The van der Waals surface area contributed by atoms with Crippen LogP contribution in [0, 0.1) is 6.92 Å². The SMILES string of the molecule is Cc1nccn1-c1cc(CNC(=O)Cc2ccc3c(c2)OCCO3)ccn1. The highest BCUT2D eigenvalue weighted by Gasteiger charge is 2.13. The molecular formula is C20H20N4O3. The van der Waals surface area contributed by atoms with Gasteiger partial charge in [-0.1, -0.05) is 6.07 Å². The van der Waals surface area contributed by atoms with Crippen LogP contribution in [-0.4, -0.2) is 33.7 Å². The van der Waals surface area contributed by atoms with Crippen molar-refractivity contribution >= 4 is 5.91 Å². The highest BCUT2D eigenvalue weighted by Crippen LogP contribution is 2.30. The number of rotatable bonds is 5. The number of hydrogen-bond acceptors (Lipinski definition) is 5. The molecule has 1 N–H and O–H groups in total. The van der Waals surface area contributed by atoms with Crippen LogP contribution in [0.15, 0.2) is 48.9 Å². The van der Waals surface area contributed by atoms with Crippen molar-refractivity contribution in [3.05, 3.63) is 65.9 Å². The van der Waals surface area contributed by atoms with Crippen LogP contribution >= 0.6 is 0 Å². The molecule has 4 rings (SSSR count). The van der Waals surface area contributed by atoms with Crippen LogP contribution in [0.5, 0.6) is 11.5 Å². The summed E-state index contributed by atoms with van der Waals surface area (Å²) in [4.78, 5) is 20.9. The molecule has 7 heteroatoms. The van der Waals surface area contributed by atoms with E-state index in [-0.39, 0.29) is 12.3 Å². The fraction of sp³-hybridized carbons (Fsp3) is 0.250. The monoisotopic (exact) mass is 364 g/mol. The van der Waals surface area contributed by atoms with Gasteiger partial charge in [0, 0.05) is 25.1 Å². The summed E-state index contributed by atoms with van der Waals surface area (Å²) in [6, 6.07) is 9.43. The molecule has 1 aliphatic rings. The normalized spacial score (nSPS) is 12.6. The van der Waals surface area contributed by atoms with E-state index in [4.69, 9.17) is 9.47 Å². The van der Waals surface area contributed by atoms with Crippen molar-refractivity contribution in [1.82, 2.24) is 19.9 Å². The highest BCUT2D eigenvalue weighted by molar-refractivity contribution is 5.78. The predicted octanol–water partition coefficient (Wildman–Crippen LogP) is 2.21. The number of carbonyl (C=O) groups is 1. The van der Waals surface area contributed by atoms with Crippen LogP contribution in [0.1, 0.15) is 17.0 Å². The quantitative estimate of drug-likeness (QED) is 0.751. The second kappa shape index (κ2) is 7.49. The minimum Gasteiger partial charge on any atom is -0.486 e. The minimum atomic E-state index is -0.0520. The van der Waals surface area contributed by atoms with Gasteiger partial charge in [0.2, 0.25) is 5.91 Å². The van der Waals surface area contributed by atoms with E-state index in [1.54, 1.807) is 12.4 Å². The third-order valence-electron chi connectivity index (χ3n) is 4.34. The molecule has 0 radical (unpaired) electrons. The van der Waals surface area contributed by atoms with E-state index in [1.807, 2.05) is 48.0 Å². The summed E-state index contributed by atoms with van der Waals surface area (Å²) in [5.74, 6) is 3.01. The lowest BCUT2D eigenvalue weighted by Gasteiger charge is -2.18. The molecule has 0 unspecified atom stereocenters. The van der Waals surface area contributed by atoms with Crippen molar-refractivity contribution < 1.29 is 14.3 Å². The number of nitrogens with zero attached hydrogens (tertiary/aromatic N) is 3. The number of aryl methyl sites for hydroxylation is 1. The molecule has 2 aromatic heterocycles. The molecule has 0 saturated heterocycles. The maximum absolute atomic E-state index is 12.3. The van der Waals surface area contributed by atoms with Crippen molar-refractivity contribution in [2.75, 3.05) is 13.2 Å². The molecule has 1 aliphatic heterocycles. The first-order chi connectivity index (χ1) is 13.2. The Morgan fingerprint density at radius 3 is 2.74 bits per heavy atom. The number of nitrogens with one attached hydrogen (secondary N) is 1. The second-order valence-electron chi connectivity index (χ2n) is 6.30. The third kappa shape index (κ3) is 3.92. The minimum absolute atomic E-state index is 0.0520. The first kappa shape index (κ1) is 17.1. The van der Waals surface area contributed by atoms with Crippen molar-refractivity contribution in [2.45, 2.75) is 19.9 Å².